The number of rotatable bonds is 9. The highest BCUT2D eigenvalue weighted by atomic mass is 19.3. The Morgan fingerprint density at radius 3 is 2.62 bits per heavy atom. The molecule has 0 radical (unpaired) electrons. The zero-order valence-electron chi connectivity index (χ0n) is 25.5. The number of alkyl halides is 2. The molecule has 0 atom stereocenters. The van der Waals surface area contributed by atoms with Gasteiger partial charge in [-0.25, -0.2) is 23.1 Å². The van der Waals surface area contributed by atoms with Gasteiger partial charge in [0.1, 0.15) is 29.4 Å². The fourth-order valence-electron chi connectivity index (χ4n) is 6.51. The predicted octanol–water partition coefficient (Wildman–Crippen LogP) is 6.08. The monoisotopic (exact) mass is 639 g/mol. The first-order valence-electron chi connectivity index (χ1n) is 15.8. The Morgan fingerprint density at radius 1 is 0.894 bits per heavy atom. The van der Waals surface area contributed by atoms with Crippen molar-refractivity contribution in [2.24, 2.45) is 0 Å². The first-order chi connectivity index (χ1) is 22.9. The molecule has 13 heteroatoms. The molecule has 1 aromatic carbocycles. The van der Waals surface area contributed by atoms with Crippen molar-refractivity contribution in [2.45, 2.75) is 31.7 Å². The van der Waals surface area contributed by atoms with Crippen LogP contribution in [0.15, 0.2) is 61.2 Å². The van der Waals surface area contributed by atoms with Crippen LogP contribution in [0, 0.1) is 5.82 Å². The van der Waals surface area contributed by atoms with Gasteiger partial charge in [0, 0.05) is 73.6 Å². The first kappa shape index (κ1) is 29.5. The highest BCUT2D eigenvalue weighted by Crippen LogP contribution is 2.34. The number of halogens is 3. The van der Waals surface area contributed by atoms with Gasteiger partial charge in [0.05, 0.1) is 23.1 Å². The predicted molar refractivity (Wildman–Crippen MR) is 171 cm³/mol. The van der Waals surface area contributed by atoms with Gasteiger partial charge in [0.15, 0.2) is 11.5 Å². The maximum atomic E-state index is 14.8. The molecule has 0 saturated carbocycles. The third kappa shape index (κ3) is 6.15. The number of likely N-dealkylation sites (tertiary alicyclic amines) is 2. The molecule has 6 aromatic rings. The lowest BCUT2D eigenvalue weighted by molar-refractivity contribution is 0.0115. The summed E-state index contributed by atoms with van der Waals surface area (Å²) < 4.78 is 48.2. The Labute approximate surface area is 268 Å². The smallest absolute Gasteiger partial charge is 0.261 e. The number of nitrogens with one attached hydrogen (secondary N) is 2. The molecule has 7 heterocycles. The molecule has 2 fully saturated rings. The summed E-state index contributed by atoms with van der Waals surface area (Å²) in [5.74, 6) is -2.11. The van der Waals surface area contributed by atoms with Crippen molar-refractivity contribution < 1.29 is 17.9 Å². The van der Waals surface area contributed by atoms with Crippen LogP contribution in [0.4, 0.5) is 13.2 Å². The van der Waals surface area contributed by atoms with E-state index in [1.807, 2.05) is 18.2 Å². The molecule has 0 spiro atoms. The van der Waals surface area contributed by atoms with E-state index in [0.717, 1.165) is 47.2 Å². The highest BCUT2D eigenvalue weighted by molar-refractivity contribution is 5.96. The Balaban J connectivity index is 1.08. The fourth-order valence-corrected chi connectivity index (χ4v) is 6.51. The number of aromatic amines is 2. The quantitative estimate of drug-likeness (QED) is 0.196. The van der Waals surface area contributed by atoms with Gasteiger partial charge in [-0.1, -0.05) is 0 Å². The summed E-state index contributed by atoms with van der Waals surface area (Å²) in [7, 11) is 0. The van der Waals surface area contributed by atoms with Crippen molar-refractivity contribution in [3.63, 3.8) is 0 Å². The summed E-state index contributed by atoms with van der Waals surface area (Å²) in [6, 6.07) is 10.3. The molecule has 2 N–H and O–H groups in total. The van der Waals surface area contributed by atoms with Crippen LogP contribution in [0.1, 0.15) is 24.8 Å². The van der Waals surface area contributed by atoms with E-state index in [-0.39, 0.29) is 13.0 Å². The van der Waals surface area contributed by atoms with E-state index in [1.54, 1.807) is 35.8 Å². The average Bonchev–Trinajstić information content (AvgIpc) is 3.87. The van der Waals surface area contributed by atoms with Crippen LogP contribution in [-0.4, -0.2) is 90.2 Å². The van der Waals surface area contributed by atoms with Gasteiger partial charge in [-0.05, 0) is 61.8 Å². The lowest BCUT2D eigenvalue weighted by Gasteiger charge is -2.15. The summed E-state index contributed by atoms with van der Waals surface area (Å²) in [6.07, 6.45) is 9.10. The SMILES string of the molecule is Fc1cc(OCCN2CCCC2)cc(-c2nccc3[nH]c(-c4n[nH]c5ncc(-c6cncc(CN7CCC(F)(F)C7)c6)cc45)nc23)c1. The lowest BCUT2D eigenvalue weighted by Crippen LogP contribution is -2.25. The first-order valence-corrected chi connectivity index (χ1v) is 15.8. The topological polar surface area (TPSA) is 112 Å². The molecular weight excluding hydrogens is 607 g/mol. The number of benzene rings is 1. The zero-order chi connectivity index (χ0) is 32.0. The van der Waals surface area contributed by atoms with Crippen molar-refractivity contribution in [1.82, 2.24) is 44.9 Å². The zero-order valence-corrected chi connectivity index (χ0v) is 25.5. The molecule has 0 bridgehead atoms. The number of pyridine rings is 3. The Kier molecular flexibility index (Phi) is 7.57. The van der Waals surface area contributed by atoms with Gasteiger partial charge in [0.25, 0.3) is 5.92 Å². The highest BCUT2D eigenvalue weighted by Gasteiger charge is 2.38. The second-order valence-corrected chi connectivity index (χ2v) is 12.3. The molecular formula is C34H32F3N9O. The Bertz CT molecular complexity index is 2070. The summed E-state index contributed by atoms with van der Waals surface area (Å²) >= 11 is 0. The number of fused-ring (bicyclic) bond motifs is 2. The number of imidazole rings is 1. The molecule has 2 aliphatic rings. The molecule has 0 aliphatic carbocycles. The summed E-state index contributed by atoms with van der Waals surface area (Å²) in [5, 5.41) is 8.23. The average molecular weight is 640 g/mol. The van der Waals surface area contributed by atoms with Crippen LogP contribution in [0.25, 0.3) is 56.0 Å². The number of ether oxygens (including phenoxy) is 1. The third-order valence-corrected chi connectivity index (χ3v) is 8.84. The third-order valence-electron chi connectivity index (χ3n) is 8.84. The molecule has 10 nitrogen and oxygen atoms in total. The van der Waals surface area contributed by atoms with Gasteiger partial charge in [-0.15, -0.1) is 0 Å². The minimum atomic E-state index is -2.65. The maximum absolute atomic E-state index is 14.8. The minimum absolute atomic E-state index is 0.125. The normalized spacial score (nSPS) is 16.9. The van der Waals surface area contributed by atoms with E-state index in [0.29, 0.717) is 59.4 Å². The van der Waals surface area contributed by atoms with Crippen LogP contribution >= 0.6 is 0 Å². The van der Waals surface area contributed by atoms with Gasteiger partial charge in [-0.3, -0.25) is 24.9 Å². The standard InChI is InChI=1S/C34H32F3N9O/c35-25-12-22(13-26(15-25)47-10-9-45-6-1-2-7-45)29-31-28(3-5-39-29)41-33(42-31)30-27-14-24(18-40-32(27)44-43-30)23-11-21(16-38-17-23)19-46-8-4-34(36,37)20-46/h3,5,11-18H,1-2,4,6-10,19-20H2,(H,41,42)(H,40,43,44). The maximum Gasteiger partial charge on any atom is 0.261 e. The van der Waals surface area contributed by atoms with Crippen molar-refractivity contribution in [3.05, 3.63) is 72.6 Å². The molecule has 0 unspecified atom stereocenters. The van der Waals surface area contributed by atoms with Crippen molar-refractivity contribution in [3.8, 4) is 39.7 Å². The van der Waals surface area contributed by atoms with Crippen LogP contribution in [0.5, 0.6) is 5.75 Å². The Morgan fingerprint density at radius 2 is 1.77 bits per heavy atom. The summed E-state index contributed by atoms with van der Waals surface area (Å²) in [4.78, 5) is 25.8. The van der Waals surface area contributed by atoms with Crippen LogP contribution < -0.4 is 4.74 Å². The van der Waals surface area contributed by atoms with Crippen molar-refractivity contribution in [2.75, 3.05) is 39.3 Å². The molecule has 8 rings (SSSR count). The van der Waals surface area contributed by atoms with Crippen molar-refractivity contribution >= 4 is 22.1 Å². The molecule has 5 aromatic heterocycles. The number of nitrogens with zero attached hydrogens (tertiary/aromatic N) is 7. The second-order valence-electron chi connectivity index (χ2n) is 12.3. The molecule has 240 valence electrons. The number of aromatic nitrogens is 7. The number of hydrogen-bond donors (Lipinski definition) is 2. The van der Waals surface area contributed by atoms with E-state index in [9.17, 15) is 13.2 Å². The summed E-state index contributed by atoms with van der Waals surface area (Å²) in [5.41, 5.74) is 5.97. The lowest BCUT2D eigenvalue weighted by atomic mass is 10.1. The molecule has 2 aliphatic heterocycles. The van der Waals surface area contributed by atoms with Gasteiger partial charge in [-0.2, -0.15) is 5.10 Å². The van der Waals surface area contributed by atoms with Gasteiger partial charge >= 0.3 is 0 Å². The van der Waals surface area contributed by atoms with Gasteiger partial charge in [0.2, 0.25) is 0 Å². The van der Waals surface area contributed by atoms with E-state index in [1.165, 1.54) is 25.0 Å². The van der Waals surface area contributed by atoms with E-state index < -0.39 is 11.7 Å². The van der Waals surface area contributed by atoms with Crippen LogP contribution in [0.2, 0.25) is 0 Å². The van der Waals surface area contributed by atoms with E-state index >= 15 is 0 Å². The Hall–Kier alpha value is -4.88. The van der Waals surface area contributed by atoms with E-state index in [2.05, 4.69) is 35.0 Å². The second kappa shape index (κ2) is 12.0. The number of hydrogen-bond acceptors (Lipinski definition) is 8. The van der Waals surface area contributed by atoms with Crippen LogP contribution in [0.3, 0.4) is 0 Å². The summed E-state index contributed by atoms with van der Waals surface area (Å²) in [6.45, 7) is 3.93. The van der Waals surface area contributed by atoms with E-state index in [4.69, 9.17) is 9.72 Å². The number of H-pyrrole nitrogens is 2. The molecule has 0 amide bonds. The van der Waals surface area contributed by atoms with Gasteiger partial charge < -0.3 is 9.72 Å². The molecule has 2 saturated heterocycles. The van der Waals surface area contributed by atoms with Crippen molar-refractivity contribution in [1.29, 1.82) is 0 Å². The van der Waals surface area contributed by atoms with Crippen LogP contribution in [-0.2, 0) is 6.54 Å². The largest absolute Gasteiger partial charge is 0.492 e. The molecule has 47 heavy (non-hydrogen) atoms. The minimum Gasteiger partial charge on any atom is -0.492 e. The fraction of sp³-hybridized carbons (Fsp3) is 0.324.